The highest BCUT2D eigenvalue weighted by Gasteiger charge is 2.57. The Bertz CT molecular complexity index is 910. The molecule has 0 N–H and O–H groups in total. The third kappa shape index (κ3) is 5.20. The first kappa shape index (κ1) is 22.7. The second kappa shape index (κ2) is 9.88. The summed E-state index contributed by atoms with van der Waals surface area (Å²) in [6.45, 7) is 3.93. The van der Waals surface area contributed by atoms with Crippen molar-refractivity contribution in [2.24, 2.45) is 0 Å². The number of benzene rings is 2. The van der Waals surface area contributed by atoms with Crippen LogP contribution in [0.25, 0.3) is 0 Å². The van der Waals surface area contributed by atoms with Gasteiger partial charge in [0.2, 0.25) is 5.60 Å². The van der Waals surface area contributed by atoms with Crippen LogP contribution in [0, 0.1) is 0 Å². The number of rotatable bonds is 10. The van der Waals surface area contributed by atoms with Gasteiger partial charge in [0.15, 0.2) is 5.78 Å². The molecule has 1 fully saturated rings. The van der Waals surface area contributed by atoms with E-state index in [1.807, 2.05) is 30.3 Å². The number of Topliss-reactive ketones (excluding diaryl/α,β-unsaturated/α-hetero) is 1. The second-order valence-electron chi connectivity index (χ2n) is 7.98. The summed E-state index contributed by atoms with van der Waals surface area (Å²) in [5.41, 5.74) is -1.85. The third-order valence-electron chi connectivity index (χ3n) is 5.53. The van der Waals surface area contributed by atoms with E-state index in [2.05, 4.69) is 0 Å². The van der Waals surface area contributed by atoms with Gasteiger partial charge < -0.3 is 14.2 Å². The smallest absolute Gasteiger partial charge is 0.359 e. The maximum absolute atomic E-state index is 12.7. The van der Waals surface area contributed by atoms with Gasteiger partial charge >= 0.3 is 11.9 Å². The minimum atomic E-state index is -1.91. The fraction of sp³-hybridized carbons (Fsp3) is 0.400. The van der Waals surface area contributed by atoms with E-state index in [4.69, 9.17) is 14.2 Å². The largest absolute Gasteiger partial charge is 0.439 e. The summed E-state index contributed by atoms with van der Waals surface area (Å²) in [5.74, 6) is -2.04. The molecule has 2 aromatic carbocycles. The molecule has 2 aromatic rings. The monoisotopic (exact) mass is 424 g/mol. The van der Waals surface area contributed by atoms with Gasteiger partial charge in [-0.25, -0.2) is 9.59 Å². The van der Waals surface area contributed by atoms with Crippen LogP contribution in [-0.2, 0) is 40.8 Å². The zero-order valence-electron chi connectivity index (χ0n) is 18.0. The van der Waals surface area contributed by atoms with Crippen LogP contribution in [0.3, 0.4) is 0 Å². The molecule has 1 aliphatic heterocycles. The van der Waals surface area contributed by atoms with Crippen LogP contribution in [-0.4, -0.2) is 29.9 Å². The minimum Gasteiger partial charge on any atom is -0.439 e. The molecule has 0 unspecified atom stereocenters. The molecule has 0 aliphatic carbocycles. The lowest BCUT2D eigenvalue weighted by molar-refractivity contribution is -0.223. The summed E-state index contributed by atoms with van der Waals surface area (Å²) in [6.07, 6.45) is 2.26. The fourth-order valence-electron chi connectivity index (χ4n) is 3.42. The fourth-order valence-corrected chi connectivity index (χ4v) is 3.42. The molecule has 164 valence electrons. The molecule has 1 saturated heterocycles. The molecule has 0 spiro atoms. The molecule has 0 aromatic heterocycles. The number of ketones is 1. The van der Waals surface area contributed by atoms with E-state index in [0.717, 1.165) is 18.4 Å². The maximum Gasteiger partial charge on any atom is 0.359 e. The highest BCUT2D eigenvalue weighted by Crippen LogP contribution is 2.36. The molecule has 3 rings (SSSR count). The standard InChI is InChI=1S/C25H28O6/c1-24(20-14-8-4-9-15-20)22(27)31-25(2,23(28)30-24)21(26)16-10-5-11-17-29-18-19-12-6-3-7-13-19/h3-4,6-9,12-15H,5,10-11,16-18H2,1-2H3/t24-,25+/m0/s1. The zero-order valence-corrected chi connectivity index (χ0v) is 18.0. The van der Waals surface area contributed by atoms with E-state index in [-0.39, 0.29) is 6.42 Å². The number of hydrogen-bond donors (Lipinski definition) is 0. The van der Waals surface area contributed by atoms with Crippen LogP contribution < -0.4 is 0 Å². The summed E-state index contributed by atoms with van der Waals surface area (Å²) < 4.78 is 16.5. The van der Waals surface area contributed by atoms with Crippen LogP contribution in [0.15, 0.2) is 60.7 Å². The number of esters is 2. The van der Waals surface area contributed by atoms with Gasteiger partial charge in [-0.3, -0.25) is 4.79 Å². The quantitative estimate of drug-likeness (QED) is 0.325. The Labute approximate surface area is 182 Å². The van der Waals surface area contributed by atoms with Gasteiger partial charge in [-0.2, -0.15) is 0 Å². The maximum atomic E-state index is 12.7. The summed E-state index contributed by atoms with van der Waals surface area (Å²) in [4.78, 5) is 38.0. The first-order valence-corrected chi connectivity index (χ1v) is 10.5. The lowest BCUT2D eigenvalue weighted by Gasteiger charge is -2.39. The molecule has 31 heavy (non-hydrogen) atoms. The zero-order chi connectivity index (χ0) is 22.3. The molecule has 0 amide bonds. The average Bonchev–Trinajstić information content (AvgIpc) is 2.78. The van der Waals surface area contributed by atoms with Crippen molar-refractivity contribution >= 4 is 17.7 Å². The molecule has 1 aliphatic rings. The highest BCUT2D eigenvalue weighted by molar-refractivity contribution is 6.10. The van der Waals surface area contributed by atoms with E-state index in [9.17, 15) is 14.4 Å². The molecular weight excluding hydrogens is 396 g/mol. The summed E-state index contributed by atoms with van der Waals surface area (Å²) in [6, 6.07) is 18.5. The molecule has 2 atom stereocenters. The molecule has 1 heterocycles. The van der Waals surface area contributed by atoms with Crippen molar-refractivity contribution in [3.8, 4) is 0 Å². The molecule has 0 saturated carbocycles. The topological polar surface area (TPSA) is 78.9 Å². The van der Waals surface area contributed by atoms with Crippen LogP contribution in [0.2, 0.25) is 0 Å². The van der Waals surface area contributed by atoms with Crippen molar-refractivity contribution < 1.29 is 28.6 Å². The van der Waals surface area contributed by atoms with Crippen LogP contribution in [0.4, 0.5) is 0 Å². The van der Waals surface area contributed by atoms with Crippen molar-refractivity contribution in [2.45, 2.75) is 57.3 Å². The van der Waals surface area contributed by atoms with E-state index in [1.165, 1.54) is 13.8 Å². The van der Waals surface area contributed by atoms with Crippen molar-refractivity contribution in [3.05, 3.63) is 71.8 Å². The van der Waals surface area contributed by atoms with E-state index >= 15 is 0 Å². The lowest BCUT2D eigenvalue weighted by Crippen LogP contribution is -2.59. The van der Waals surface area contributed by atoms with Crippen LogP contribution in [0.5, 0.6) is 0 Å². The number of unbranched alkanes of at least 4 members (excludes halogenated alkanes) is 2. The van der Waals surface area contributed by atoms with Crippen LogP contribution >= 0.6 is 0 Å². The number of carbonyl (C=O) groups is 3. The van der Waals surface area contributed by atoms with Crippen molar-refractivity contribution in [1.82, 2.24) is 0 Å². The summed E-state index contributed by atoms with van der Waals surface area (Å²) in [5, 5.41) is 0. The molecule has 6 nitrogen and oxygen atoms in total. The first-order valence-electron chi connectivity index (χ1n) is 10.5. The Kier molecular flexibility index (Phi) is 7.23. The van der Waals surface area contributed by atoms with Gasteiger partial charge in [0.1, 0.15) is 0 Å². The second-order valence-corrected chi connectivity index (χ2v) is 7.98. The highest BCUT2D eigenvalue weighted by atomic mass is 16.7. The average molecular weight is 424 g/mol. The van der Waals surface area contributed by atoms with E-state index in [0.29, 0.717) is 25.2 Å². The van der Waals surface area contributed by atoms with Crippen molar-refractivity contribution in [2.75, 3.05) is 6.61 Å². The van der Waals surface area contributed by atoms with Gasteiger partial charge in [-0.15, -0.1) is 0 Å². The normalized spacial score (nSPS) is 23.2. The van der Waals surface area contributed by atoms with Gasteiger partial charge in [0.25, 0.3) is 5.60 Å². The number of carbonyl (C=O) groups excluding carboxylic acids is 3. The Hall–Kier alpha value is -2.99. The third-order valence-corrected chi connectivity index (χ3v) is 5.53. The number of hydrogen-bond acceptors (Lipinski definition) is 6. The first-order chi connectivity index (χ1) is 14.9. The lowest BCUT2D eigenvalue weighted by atomic mass is 9.90. The van der Waals surface area contributed by atoms with Gasteiger partial charge in [-0.1, -0.05) is 67.1 Å². The molecule has 6 heteroatoms. The Balaban J connectivity index is 1.45. The Morgan fingerprint density at radius 2 is 1.48 bits per heavy atom. The van der Waals surface area contributed by atoms with Gasteiger partial charge in [-0.05, 0) is 32.3 Å². The molecule has 0 radical (unpaired) electrons. The number of ether oxygens (including phenoxy) is 3. The minimum absolute atomic E-state index is 0.125. The predicted molar refractivity (Wildman–Crippen MR) is 114 cm³/mol. The van der Waals surface area contributed by atoms with E-state index < -0.39 is 28.9 Å². The van der Waals surface area contributed by atoms with Gasteiger partial charge in [0, 0.05) is 18.6 Å². The predicted octanol–water partition coefficient (Wildman–Crippen LogP) is 4.11. The SMILES string of the molecule is C[C@]1(C(=O)CCCCCOCc2ccccc2)OC(=O)[C@](C)(c2ccccc2)OC1=O. The van der Waals surface area contributed by atoms with Gasteiger partial charge in [0.05, 0.1) is 6.61 Å². The van der Waals surface area contributed by atoms with E-state index in [1.54, 1.807) is 30.3 Å². The van der Waals surface area contributed by atoms with Crippen LogP contribution in [0.1, 0.15) is 50.7 Å². The Morgan fingerprint density at radius 3 is 2.16 bits per heavy atom. The number of cyclic esters (lactones) is 2. The summed E-state index contributed by atoms with van der Waals surface area (Å²) in [7, 11) is 0. The molecular formula is C25H28O6. The van der Waals surface area contributed by atoms with Crippen molar-refractivity contribution in [1.29, 1.82) is 0 Å². The Morgan fingerprint density at radius 1 is 0.839 bits per heavy atom. The van der Waals surface area contributed by atoms with Crippen molar-refractivity contribution in [3.63, 3.8) is 0 Å². The molecule has 0 bridgehead atoms. The summed E-state index contributed by atoms with van der Waals surface area (Å²) >= 11 is 0.